The van der Waals surface area contributed by atoms with Crippen molar-refractivity contribution in [2.75, 3.05) is 10.6 Å². The van der Waals surface area contributed by atoms with Gasteiger partial charge in [0.2, 0.25) is 5.13 Å². The largest absolute Gasteiger partial charge is 0.336 e. The Labute approximate surface area is 157 Å². The Morgan fingerprint density at radius 3 is 2.62 bits per heavy atom. The van der Waals surface area contributed by atoms with Gasteiger partial charge < -0.3 is 10.6 Å². The molecule has 3 N–H and O–H groups in total. The number of amides is 3. The molecule has 0 aliphatic heterocycles. The molecule has 1 heterocycles. The molecule has 0 saturated carbocycles. The number of hydrogen-bond acceptors (Lipinski definition) is 5. The van der Waals surface area contributed by atoms with Crippen molar-refractivity contribution in [3.8, 4) is 0 Å². The standard InChI is InChI=1S/C18H25N5O2S/c1-4-5-6-11-15-22-23-18(26-15)21-16(24)13-9-7-8-10-14(13)20-17(25)19-12(2)3/h7-10,12H,4-6,11H2,1-3H3,(H2,19,20,25)(H,21,23,24). The molecule has 0 aliphatic carbocycles. The summed E-state index contributed by atoms with van der Waals surface area (Å²) in [6.45, 7) is 5.89. The van der Waals surface area contributed by atoms with Crippen molar-refractivity contribution in [3.63, 3.8) is 0 Å². The lowest BCUT2D eigenvalue weighted by Crippen LogP contribution is -2.34. The molecule has 0 bridgehead atoms. The predicted molar refractivity (Wildman–Crippen MR) is 105 cm³/mol. The molecule has 1 aromatic heterocycles. The normalized spacial score (nSPS) is 10.6. The first-order valence-corrected chi connectivity index (χ1v) is 9.61. The van der Waals surface area contributed by atoms with Gasteiger partial charge in [0.05, 0.1) is 11.3 Å². The second-order valence-corrected chi connectivity index (χ2v) is 7.27. The van der Waals surface area contributed by atoms with Crippen molar-refractivity contribution < 1.29 is 9.59 Å². The zero-order valence-electron chi connectivity index (χ0n) is 15.3. The summed E-state index contributed by atoms with van der Waals surface area (Å²) in [6, 6.07) is 6.50. The molecule has 2 rings (SSSR count). The molecule has 0 spiro atoms. The Bertz CT molecular complexity index is 745. The van der Waals surface area contributed by atoms with Crippen molar-refractivity contribution in [2.24, 2.45) is 0 Å². The van der Waals surface area contributed by atoms with Gasteiger partial charge in [-0.25, -0.2) is 4.79 Å². The maximum absolute atomic E-state index is 12.6. The van der Waals surface area contributed by atoms with Gasteiger partial charge in [-0.1, -0.05) is 43.2 Å². The number of aryl methyl sites for hydroxylation is 1. The highest BCUT2D eigenvalue weighted by Gasteiger charge is 2.15. The van der Waals surface area contributed by atoms with Crippen molar-refractivity contribution in [1.29, 1.82) is 0 Å². The number of hydrogen-bond donors (Lipinski definition) is 3. The molecule has 26 heavy (non-hydrogen) atoms. The van der Waals surface area contributed by atoms with Crippen molar-refractivity contribution in [3.05, 3.63) is 34.8 Å². The van der Waals surface area contributed by atoms with Crippen LogP contribution in [0.25, 0.3) is 0 Å². The number of urea groups is 1. The number of rotatable bonds is 8. The van der Waals surface area contributed by atoms with Crippen molar-refractivity contribution in [1.82, 2.24) is 15.5 Å². The van der Waals surface area contributed by atoms with Crippen LogP contribution in [-0.4, -0.2) is 28.2 Å². The first kappa shape index (κ1) is 19.8. The molecule has 1 aromatic carbocycles. The van der Waals surface area contributed by atoms with Crippen LogP contribution >= 0.6 is 11.3 Å². The number of nitrogens with zero attached hydrogens (tertiary/aromatic N) is 2. The molecule has 8 heteroatoms. The number of benzene rings is 1. The van der Waals surface area contributed by atoms with Gasteiger partial charge in [-0.3, -0.25) is 10.1 Å². The molecule has 2 aromatic rings. The fourth-order valence-corrected chi connectivity index (χ4v) is 3.08. The van der Waals surface area contributed by atoms with E-state index in [0.29, 0.717) is 16.4 Å². The van der Waals surface area contributed by atoms with Crippen molar-refractivity contribution in [2.45, 2.75) is 52.5 Å². The number of anilines is 2. The predicted octanol–water partition coefficient (Wildman–Crippen LogP) is 4.05. The molecular weight excluding hydrogens is 350 g/mol. The third-order valence-corrected chi connectivity index (χ3v) is 4.42. The molecule has 0 fully saturated rings. The lowest BCUT2D eigenvalue weighted by atomic mass is 10.1. The van der Waals surface area contributed by atoms with E-state index in [1.54, 1.807) is 24.3 Å². The fourth-order valence-electron chi connectivity index (χ4n) is 2.31. The molecule has 0 unspecified atom stereocenters. The summed E-state index contributed by atoms with van der Waals surface area (Å²) in [5.74, 6) is -0.332. The van der Waals surface area contributed by atoms with Gasteiger partial charge in [-0.15, -0.1) is 10.2 Å². The van der Waals surface area contributed by atoms with Gasteiger partial charge in [0.1, 0.15) is 5.01 Å². The van der Waals surface area contributed by atoms with E-state index in [1.807, 2.05) is 13.8 Å². The fraction of sp³-hybridized carbons (Fsp3) is 0.444. The molecule has 0 saturated heterocycles. The molecule has 0 radical (unpaired) electrons. The summed E-state index contributed by atoms with van der Waals surface area (Å²) in [7, 11) is 0. The lowest BCUT2D eigenvalue weighted by Gasteiger charge is -2.13. The van der Waals surface area contributed by atoms with Crippen molar-refractivity contribution >= 4 is 34.1 Å². The number of nitrogens with one attached hydrogen (secondary N) is 3. The minimum Gasteiger partial charge on any atom is -0.336 e. The van der Waals surface area contributed by atoms with E-state index in [4.69, 9.17) is 0 Å². The summed E-state index contributed by atoms with van der Waals surface area (Å²) in [5.41, 5.74) is 0.810. The maximum atomic E-state index is 12.6. The second-order valence-electron chi connectivity index (χ2n) is 6.21. The number of carbonyl (C=O) groups excluding carboxylic acids is 2. The van der Waals surface area contributed by atoms with Crippen LogP contribution in [0.5, 0.6) is 0 Å². The number of unbranched alkanes of at least 4 members (excludes halogenated alkanes) is 2. The first-order valence-electron chi connectivity index (χ1n) is 8.80. The van der Waals surface area contributed by atoms with E-state index in [9.17, 15) is 9.59 Å². The molecule has 0 atom stereocenters. The summed E-state index contributed by atoms with van der Waals surface area (Å²) in [6.07, 6.45) is 4.24. The average Bonchev–Trinajstić information content (AvgIpc) is 3.02. The van der Waals surface area contributed by atoms with Gasteiger partial charge in [-0.2, -0.15) is 0 Å². The summed E-state index contributed by atoms with van der Waals surface area (Å²) >= 11 is 1.38. The quantitative estimate of drug-likeness (QED) is 0.606. The Kier molecular flexibility index (Phi) is 7.53. The van der Waals surface area contributed by atoms with Crippen LogP contribution in [0, 0.1) is 0 Å². The highest BCUT2D eigenvalue weighted by atomic mass is 32.1. The van der Waals surface area contributed by atoms with Crippen LogP contribution in [0.2, 0.25) is 0 Å². The van der Waals surface area contributed by atoms with Crippen LogP contribution in [0.3, 0.4) is 0 Å². The van der Waals surface area contributed by atoms with Gasteiger partial charge in [-0.05, 0) is 32.4 Å². The van der Waals surface area contributed by atoms with E-state index in [0.717, 1.165) is 30.7 Å². The summed E-state index contributed by atoms with van der Waals surface area (Å²) < 4.78 is 0. The monoisotopic (exact) mass is 375 g/mol. The maximum Gasteiger partial charge on any atom is 0.319 e. The Hall–Kier alpha value is -2.48. The number of para-hydroxylation sites is 1. The van der Waals surface area contributed by atoms with E-state index >= 15 is 0 Å². The van der Waals surface area contributed by atoms with Crippen LogP contribution in [0.15, 0.2) is 24.3 Å². The van der Waals surface area contributed by atoms with E-state index in [-0.39, 0.29) is 18.0 Å². The minimum absolute atomic E-state index is 0.00325. The molecule has 0 aliphatic rings. The van der Waals surface area contributed by atoms with Crippen LogP contribution in [-0.2, 0) is 6.42 Å². The minimum atomic E-state index is -0.352. The molecule has 140 valence electrons. The second kappa shape index (κ2) is 9.86. The van der Waals surface area contributed by atoms with Gasteiger partial charge >= 0.3 is 6.03 Å². The SMILES string of the molecule is CCCCCc1nnc(NC(=O)c2ccccc2NC(=O)NC(C)C)s1. The zero-order chi connectivity index (χ0) is 18.9. The number of aromatic nitrogens is 2. The molecule has 7 nitrogen and oxygen atoms in total. The molecule has 3 amide bonds. The Balaban J connectivity index is 2.02. The lowest BCUT2D eigenvalue weighted by molar-refractivity contribution is 0.102. The van der Waals surface area contributed by atoms with Gasteiger partial charge in [0, 0.05) is 12.5 Å². The third-order valence-electron chi connectivity index (χ3n) is 3.52. The van der Waals surface area contributed by atoms with E-state index in [1.165, 1.54) is 11.3 Å². The Morgan fingerprint density at radius 1 is 1.12 bits per heavy atom. The van der Waals surface area contributed by atoms with E-state index < -0.39 is 0 Å². The highest BCUT2D eigenvalue weighted by Crippen LogP contribution is 2.21. The van der Waals surface area contributed by atoms with Gasteiger partial charge in [0.25, 0.3) is 5.91 Å². The number of carbonyl (C=O) groups is 2. The smallest absolute Gasteiger partial charge is 0.319 e. The van der Waals surface area contributed by atoms with Gasteiger partial charge in [0.15, 0.2) is 0 Å². The Morgan fingerprint density at radius 2 is 1.88 bits per heavy atom. The van der Waals surface area contributed by atoms with Crippen LogP contribution < -0.4 is 16.0 Å². The topological polar surface area (TPSA) is 96.0 Å². The van der Waals surface area contributed by atoms with E-state index in [2.05, 4.69) is 33.1 Å². The third kappa shape index (κ3) is 6.11. The first-order chi connectivity index (χ1) is 12.5. The summed E-state index contributed by atoms with van der Waals surface area (Å²) in [5, 5.41) is 17.7. The zero-order valence-corrected chi connectivity index (χ0v) is 16.2. The average molecular weight is 375 g/mol. The summed E-state index contributed by atoms with van der Waals surface area (Å²) in [4.78, 5) is 24.5. The van der Waals surface area contributed by atoms with Crippen LogP contribution in [0.4, 0.5) is 15.6 Å². The highest BCUT2D eigenvalue weighted by molar-refractivity contribution is 7.15. The molecular formula is C18H25N5O2S. The van der Waals surface area contributed by atoms with Crippen LogP contribution in [0.1, 0.15) is 55.4 Å².